The zero-order valence-corrected chi connectivity index (χ0v) is 16.9. The Bertz CT molecular complexity index is 844. The van der Waals surface area contributed by atoms with Crippen molar-refractivity contribution >= 4 is 5.97 Å². The van der Waals surface area contributed by atoms with Gasteiger partial charge in [-0.05, 0) is 60.7 Å². The van der Waals surface area contributed by atoms with Gasteiger partial charge in [0.1, 0.15) is 11.5 Å². The molecule has 0 N–H and O–H groups in total. The highest BCUT2D eigenvalue weighted by molar-refractivity contribution is 5.91. The summed E-state index contributed by atoms with van der Waals surface area (Å²) in [5.41, 5.74) is 3.18. The lowest BCUT2D eigenvalue weighted by molar-refractivity contribution is 0.0734. The number of carbonyl (C=O) groups excluding carboxylic acids is 1. The zero-order chi connectivity index (χ0) is 19.9. The molecule has 0 aliphatic heterocycles. The predicted molar refractivity (Wildman–Crippen MR) is 113 cm³/mol. The minimum Gasteiger partial charge on any atom is -0.497 e. The van der Waals surface area contributed by atoms with Gasteiger partial charge in [-0.1, -0.05) is 56.2 Å². The van der Waals surface area contributed by atoms with Crippen LogP contribution in [0.3, 0.4) is 0 Å². The van der Waals surface area contributed by atoms with Crippen LogP contribution in [0.2, 0.25) is 0 Å². The van der Waals surface area contributed by atoms with Crippen molar-refractivity contribution in [2.45, 2.75) is 39.0 Å². The van der Waals surface area contributed by atoms with Crippen molar-refractivity contribution in [3.63, 3.8) is 0 Å². The number of hydrogen-bond acceptors (Lipinski definition) is 3. The first kappa shape index (κ1) is 19.9. The number of ether oxygens (including phenoxy) is 2. The SMILES string of the molecule is CCC(C)CC1=CCC(c2ccc(OC(=O)c3ccc(OC)cc3)cc2)C=C1. The van der Waals surface area contributed by atoms with Crippen molar-refractivity contribution in [2.24, 2.45) is 5.92 Å². The van der Waals surface area contributed by atoms with E-state index in [4.69, 9.17) is 9.47 Å². The number of rotatable bonds is 7. The molecular weight excluding hydrogens is 348 g/mol. The molecule has 28 heavy (non-hydrogen) atoms. The van der Waals surface area contributed by atoms with Crippen LogP contribution in [-0.4, -0.2) is 13.1 Å². The van der Waals surface area contributed by atoms with Crippen LogP contribution in [0.5, 0.6) is 11.5 Å². The summed E-state index contributed by atoms with van der Waals surface area (Å²) in [5, 5.41) is 0. The highest BCUT2D eigenvalue weighted by atomic mass is 16.5. The third kappa shape index (κ3) is 5.13. The first-order valence-electron chi connectivity index (χ1n) is 9.92. The Hall–Kier alpha value is -2.81. The fourth-order valence-electron chi connectivity index (χ4n) is 3.29. The van der Waals surface area contributed by atoms with Gasteiger partial charge in [0.2, 0.25) is 0 Å². The van der Waals surface area contributed by atoms with Crippen LogP contribution < -0.4 is 9.47 Å². The summed E-state index contributed by atoms with van der Waals surface area (Å²) in [4.78, 5) is 12.3. The van der Waals surface area contributed by atoms with E-state index in [1.54, 1.807) is 31.4 Å². The Morgan fingerprint density at radius 3 is 2.32 bits per heavy atom. The molecule has 0 amide bonds. The molecule has 0 radical (unpaired) electrons. The Morgan fingerprint density at radius 1 is 1.07 bits per heavy atom. The Morgan fingerprint density at radius 2 is 1.75 bits per heavy atom. The van der Waals surface area contributed by atoms with Crippen molar-refractivity contribution in [3.8, 4) is 11.5 Å². The second kappa shape index (κ2) is 9.41. The summed E-state index contributed by atoms with van der Waals surface area (Å²) < 4.78 is 10.6. The van der Waals surface area contributed by atoms with Gasteiger partial charge in [-0.3, -0.25) is 0 Å². The smallest absolute Gasteiger partial charge is 0.343 e. The summed E-state index contributed by atoms with van der Waals surface area (Å²) in [5.74, 6) is 2.00. The molecule has 2 atom stereocenters. The van der Waals surface area contributed by atoms with Crippen molar-refractivity contribution in [1.29, 1.82) is 0 Å². The minimum atomic E-state index is -0.370. The number of hydrogen-bond donors (Lipinski definition) is 0. The van der Waals surface area contributed by atoms with Gasteiger partial charge in [0.05, 0.1) is 12.7 Å². The lowest BCUT2D eigenvalue weighted by Gasteiger charge is -2.18. The van der Waals surface area contributed by atoms with Crippen LogP contribution in [0, 0.1) is 5.92 Å². The molecule has 0 aromatic heterocycles. The molecule has 0 bridgehead atoms. The number of methoxy groups -OCH3 is 1. The molecule has 3 nitrogen and oxygen atoms in total. The fraction of sp³-hybridized carbons (Fsp3) is 0.320. The average molecular weight is 376 g/mol. The van der Waals surface area contributed by atoms with Gasteiger partial charge in [0.25, 0.3) is 0 Å². The summed E-state index contributed by atoms with van der Waals surface area (Å²) in [7, 11) is 1.60. The molecule has 1 aliphatic rings. The number of allylic oxidation sites excluding steroid dienone is 4. The van der Waals surface area contributed by atoms with Crippen LogP contribution in [0.1, 0.15) is 54.9 Å². The predicted octanol–water partition coefficient (Wildman–Crippen LogP) is 6.32. The van der Waals surface area contributed by atoms with E-state index in [9.17, 15) is 4.79 Å². The molecule has 2 aromatic rings. The van der Waals surface area contributed by atoms with Gasteiger partial charge in [-0.2, -0.15) is 0 Å². The highest BCUT2D eigenvalue weighted by Gasteiger charge is 2.14. The third-order valence-electron chi connectivity index (χ3n) is 5.30. The van der Waals surface area contributed by atoms with Gasteiger partial charge >= 0.3 is 5.97 Å². The minimum absolute atomic E-state index is 0.370. The van der Waals surface area contributed by atoms with E-state index in [1.165, 1.54) is 17.6 Å². The summed E-state index contributed by atoms with van der Waals surface area (Å²) in [6.07, 6.45) is 10.3. The van der Waals surface area contributed by atoms with E-state index in [0.29, 0.717) is 23.0 Å². The molecular formula is C25H28O3. The van der Waals surface area contributed by atoms with Crippen LogP contribution >= 0.6 is 0 Å². The van der Waals surface area contributed by atoms with Crippen molar-refractivity contribution in [1.82, 2.24) is 0 Å². The zero-order valence-electron chi connectivity index (χ0n) is 16.9. The van der Waals surface area contributed by atoms with Gasteiger partial charge in [0.15, 0.2) is 0 Å². The van der Waals surface area contributed by atoms with Gasteiger partial charge in [0, 0.05) is 5.92 Å². The highest BCUT2D eigenvalue weighted by Crippen LogP contribution is 2.30. The Balaban J connectivity index is 1.58. The maximum absolute atomic E-state index is 12.3. The van der Waals surface area contributed by atoms with E-state index in [1.807, 2.05) is 24.3 Å². The molecule has 3 rings (SSSR count). The molecule has 2 unspecified atom stereocenters. The Kier molecular flexibility index (Phi) is 6.70. The molecule has 2 aromatic carbocycles. The van der Waals surface area contributed by atoms with Crippen LogP contribution in [0.4, 0.5) is 0 Å². The molecule has 0 saturated carbocycles. The molecule has 0 spiro atoms. The van der Waals surface area contributed by atoms with E-state index < -0.39 is 0 Å². The molecule has 1 aliphatic carbocycles. The Labute approximate surface area is 167 Å². The van der Waals surface area contributed by atoms with Crippen LogP contribution in [0.25, 0.3) is 0 Å². The molecule has 0 heterocycles. The standard InChI is InChI=1S/C25H28O3/c1-4-18(2)17-19-5-7-20(8-6-19)21-9-15-24(16-10-21)28-25(26)22-11-13-23(27-3)14-12-22/h5-7,9-16,18,20H,4,8,17H2,1-3H3. The van der Waals surface area contributed by atoms with E-state index in [2.05, 4.69) is 32.1 Å². The lowest BCUT2D eigenvalue weighted by atomic mass is 9.87. The maximum Gasteiger partial charge on any atom is 0.343 e. The summed E-state index contributed by atoms with van der Waals surface area (Å²) >= 11 is 0. The van der Waals surface area contributed by atoms with E-state index in [0.717, 1.165) is 18.8 Å². The van der Waals surface area contributed by atoms with Crippen molar-refractivity contribution in [3.05, 3.63) is 83.5 Å². The monoisotopic (exact) mass is 376 g/mol. The quantitative estimate of drug-likeness (QED) is 0.419. The first-order chi connectivity index (χ1) is 13.6. The topological polar surface area (TPSA) is 35.5 Å². The fourth-order valence-corrected chi connectivity index (χ4v) is 3.29. The van der Waals surface area contributed by atoms with Crippen LogP contribution in [0.15, 0.2) is 72.3 Å². The van der Waals surface area contributed by atoms with E-state index >= 15 is 0 Å². The van der Waals surface area contributed by atoms with Gasteiger partial charge in [-0.15, -0.1) is 0 Å². The number of esters is 1. The molecule has 146 valence electrons. The molecule has 0 saturated heterocycles. The van der Waals surface area contributed by atoms with Crippen molar-refractivity contribution < 1.29 is 14.3 Å². The largest absolute Gasteiger partial charge is 0.497 e. The summed E-state index contributed by atoms with van der Waals surface area (Å²) in [6.45, 7) is 4.54. The normalized spacial score (nSPS) is 17.0. The molecule has 3 heteroatoms. The number of carbonyl (C=O) groups is 1. The second-order valence-corrected chi connectivity index (χ2v) is 7.38. The number of benzene rings is 2. The van der Waals surface area contributed by atoms with Gasteiger partial charge in [-0.25, -0.2) is 4.79 Å². The molecule has 0 fully saturated rings. The van der Waals surface area contributed by atoms with Crippen molar-refractivity contribution in [2.75, 3.05) is 7.11 Å². The van der Waals surface area contributed by atoms with E-state index in [-0.39, 0.29) is 5.97 Å². The lowest BCUT2D eigenvalue weighted by Crippen LogP contribution is -2.08. The van der Waals surface area contributed by atoms with Crippen LogP contribution in [-0.2, 0) is 0 Å². The second-order valence-electron chi connectivity index (χ2n) is 7.38. The third-order valence-corrected chi connectivity index (χ3v) is 5.30. The average Bonchev–Trinajstić information content (AvgIpc) is 2.75. The maximum atomic E-state index is 12.3. The first-order valence-corrected chi connectivity index (χ1v) is 9.92. The summed E-state index contributed by atoms with van der Waals surface area (Å²) in [6, 6.07) is 14.7. The van der Waals surface area contributed by atoms with Gasteiger partial charge < -0.3 is 9.47 Å².